The van der Waals surface area contributed by atoms with Crippen molar-refractivity contribution in [3.8, 4) is 5.75 Å². The molecule has 0 bridgehead atoms. The number of nitrogens with zero attached hydrogens (tertiary/aromatic N) is 1. The van der Waals surface area contributed by atoms with Crippen LogP contribution in [0.3, 0.4) is 0 Å². The van der Waals surface area contributed by atoms with Crippen LogP contribution in [0.4, 0.5) is 0 Å². The van der Waals surface area contributed by atoms with Gasteiger partial charge in [0.1, 0.15) is 5.75 Å². The summed E-state index contributed by atoms with van der Waals surface area (Å²) >= 11 is 1.81. The fourth-order valence-electron chi connectivity index (χ4n) is 2.23. The van der Waals surface area contributed by atoms with Gasteiger partial charge in [0.05, 0.1) is 7.11 Å². The highest BCUT2D eigenvalue weighted by Gasteiger charge is 2.06. The molecule has 0 aliphatic rings. The maximum Gasteiger partial charge on any atom is 0.118 e. The Hall–Kier alpha value is -1.36. The van der Waals surface area contributed by atoms with Gasteiger partial charge in [-0.05, 0) is 43.1 Å². The van der Waals surface area contributed by atoms with Gasteiger partial charge in [-0.25, -0.2) is 0 Å². The minimum Gasteiger partial charge on any atom is -0.497 e. The molecular formula is C17H24N2OS. The number of nitrogens with one attached hydrogen (secondary N) is 1. The molecule has 1 atom stereocenters. The van der Waals surface area contributed by atoms with Crippen LogP contribution in [0.1, 0.15) is 23.4 Å². The van der Waals surface area contributed by atoms with Crippen molar-refractivity contribution in [1.82, 2.24) is 10.2 Å². The van der Waals surface area contributed by atoms with E-state index < -0.39 is 0 Å². The lowest BCUT2D eigenvalue weighted by Gasteiger charge is -2.19. The van der Waals surface area contributed by atoms with Crippen LogP contribution in [0, 0.1) is 0 Å². The van der Waals surface area contributed by atoms with Crippen LogP contribution >= 0.6 is 11.3 Å². The number of hydrogen-bond donors (Lipinski definition) is 1. The van der Waals surface area contributed by atoms with Gasteiger partial charge < -0.3 is 15.0 Å². The van der Waals surface area contributed by atoms with E-state index in [0.29, 0.717) is 6.04 Å². The van der Waals surface area contributed by atoms with Crippen molar-refractivity contribution >= 4 is 11.3 Å². The number of hydrogen-bond acceptors (Lipinski definition) is 4. The van der Waals surface area contributed by atoms with E-state index >= 15 is 0 Å². The molecule has 0 saturated heterocycles. The van der Waals surface area contributed by atoms with Crippen LogP contribution in [0.25, 0.3) is 0 Å². The molecule has 0 saturated carbocycles. The molecule has 1 unspecified atom stereocenters. The lowest BCUT2D eigenvalue weighted by Crippen LogP contribution is -2.30. The molecular weight excluding hydrogens is 280 g/mol. The fraction of sp³-hybridized carbons (Fsp3) is 0.412. The Kier molecular flexibility index (Phi) is 6.23. The Morgan fingerprint density at radius 1 is 1.24 bits per heavy atom. The molecule has 0 spiro atoms. The molecule has 1 heterocycles. The molecule has 0 radical (unpaired) electrons. The second kappa shape index (κ2) is 8.17. The van der Waals surface area contributed by atoms with E-state index in [1.165, 1.54) is 10.4 Å². The number of thiophene rings is 1. The molecule has 1 aromatic carbocycles. The lowest BCUT2D eigenvalue weighted by molar-refractivity contribution is 0.319. The summed E-state index contributed by atoms with van der Waals surface area (Å²) in [4.78, 5) is 3.73. The zero-order valence-electron chi connectivity index (χ0n) is 13.0. The molecule has 0 amide bonds. The van der Waals surface area contributed by atoms with Gasteiger partial charge in [-0.3, -0.25) is 0 Å². The summed E-state index contributed by atoms with van der Waals surface area (Å²) in [5.41, 5.74) is 1.31. The normalized spacial score (nSPS) is 12.6. The summed E-state index contributed by atoms with van der Waals surface area (Å²) in [5, 5.41) is 5.70. The lowest BCUT2D eigenvalue weighted by atomic mass is 10.2. The summed E-state index contributed by atoms with van der Waals surface area (Å²) in [6.07, 6.45) is 0. The molecule has 2 rings (SSSR count). The van der Waals surface area contributed by atoms with E-state index in [1.807, 2.05) is 23.5 Å². The van der Waals surface area contributed by atoms with Gasteiger partial charge in [-0.1, -0.05) is 18.2 Å². The Labute approximate surface area is 131 Å². The zero-order valence-corrected chi connectivity index (χ0v) is 13.8. The van der Waals surface area contributed by atoms with E-state index in [-0.39, 0.29) is 0 Å². The van der Waals surface area contributed by atoms with E-state index in [1.54, 1.807) is 7.11 Å². The van der Waals surface area contributed by atoms with Crippen LogP contribution in [0.15, 0.2) is 41.8 Å². The average molecular weight is 304 g/mol. The molecule has 21 heavy (non-hydrogen) atoms. The second-order valence-electron chi connectivity index (χ2n) is 5.28. The van der Waals surface area contributed by atoms with Crippen molar-refractivity contribution in [3.63, 3.8) is 0 Å². The topological polar surface area (TPSA) is 24.5 Å². The summed E-state index contributed by atoms with van der Waals surface area (Å²) < 4.78 is 5.18. The van der Waals surface area contributed by atoms with Gasteiger partial charge in [0.2, 0.25) is 0 Å². The first-order valence-electron chi connectivity index (χ1n) is 7.27. The average Bonchev–Trinajstić information content (AvgIpc) is 3.02. The first-order chi connectivity index (χ1) is 10.2. The van der Waals surface area contributed by atoms with Gasteiger partial charge in [0.15, 0.2) is 0 Å². The van der Waals surface area contributed by atoms with Gasteiger partial charge in [0.25, 0.3) is 0 Å². The Morgan fingerprint density at radius 3 is 2.62 bits per heavy atom. The summed E-state index contributed by atoms with van der Waals surface area (Å²) in [6, 6.07) is 13.0. The third-order valence-electron chi connectivity index (χ3n) is 3.53. The van der Waals surface area contributed by atoms with Crippen molar-refractivity contribution in [1.29, 1.82) is 0 Å². The van der Waals surface area contributed by atoms with E-state index in [0.717, 1.165) is 25.4 Å². The Balaban J connectivity index is 1.70. The minimum atomic E-state index is 0.430. The van der Waals surface area contributed by atoms with Crippen LogP contribution in [0.2, 0.25) is 0 Å². The standard InChI is InChI=1S/C17H24N2OS/c1-14(17-5-4-12-21-17)18-10-11-19(2)13-15-6-8-16(20-3)9-7-15/h4-9,12,14,18H,10-11,13H2,1-3H3. The van der Waals surface area contributed by atoms with Gasteiger partial charge in [-0.2, -0.15) is 0 Å². The minimum absolute atomic E-state index is 0.430. The predicted molar refractivity (Wildman–Crippen MR) is 90.1 cm³/mol. The monoisotopic (exact) mass is 304 g/mol. The van der Waals surface area contributed by atoms with Gasteiger partial charge >= 0.3 is 0 Å². The molecule has 0 fully saturated rings. The van der Waals surface area contributed by atoms with E-state index in [4.69, 9.17) is 4.74 Å². The highest BCUT2D eigenvalue weighted by Crippen LogP contribution is 2.17. The quantitative estimate of drug-likeness (QED) is 0.807. The molecule has 0 aliphatic heterocycles. The maximum atomic E-state index is 5.18. The third-order valence-corrected chi connectivity index (χ3v) is 4.58. The van der Waals surface area contributed by atoms with Crippen LogP contribution in [0.5, 0.6) is 5.75 Å². The summed E-state index contributed by atoms with van der Waals surface area (Å²) in [5.74, 6) is 0.910. The second-order valence-corrected chi connectivity index (χ2v) is 6.26. The Bertz CT molecular complexity index is 510. The van der Waals surface area contributed by atoms with Crippen molar-refractivity contribution in [3.05, 3.63) is 52.2 Å². The number of likely N-dealkylation sites (N-methyl/N-ethyl adjacent to an activating group) is 1. The molecule has 1 aromatic heterocycles. The third kappa shape index (κ3) is 5.16. The SMILES string of the molecule is COc1ccc(CN(C)CCNC(C)c2cccs2)cc1. The number of ether oxygens (including phenoxy) is 1. The van der Waals surface area contributed by atoms with Crippen LogP contribution in [-0.4, -0.2) is 32.1 Å². The van der Waals surface area contributed by atoms with E-state index in [2.05, 4.69) is 53.8 Å². The number of methoxy groups -OCH3 is 1. The summed E-state index contributed by atoms with van der Waals surface area (Å²) in [6.45, 7) is 5.20. The van der Waals surface area contributed by atoms with Gasteiger partial charge in [-0.15, -0.1) is 11.3 Å². The van der Waals surface area contributed by atoms with Crippen LogP contribution in [-0.2, 0) is 6.54 Å². The molecule has 3 nitrogen and oxygen atoms in total. The molecule has 114 valence electrons. The molecule has 2 aromatic rings. The number of benzene rings is 1. The number of rotatable bonds is 8. The summed E-state index contributed by atoms with van der Waals surface area (Å²) in [7, 11) is 3.85. The first kappa shape index (κ1) is 16.0. The molecule has 0 aliphatic carbocycles. The van der Waals surface area contributed by atoms with E-state index in [9.17, 15) is 0 Å². The van der Waals surface area contributed by atoms with Crippen molar-refractivity contribution in [2.24, 2.45) is 0 Å². The zero-order chi connectivity index (χ0) is 15.1. The van der Waals surface area contributed by atoms with Gasteiger partial charge in [0, 0.05) is 30.6 Å². The first-order valence-corrected chi connectivity index (χ1v) is 8.15. The molecule has 1 N–H and O–H groups in total. The predicted octanol–water partition coefficient (Wildman–Crippen LogP) is 3.54. The fourth-order valence-corrected chi connectivity index (χ4v) is 2.99. The largest absolute Gasteiger partial charge is 0.497 e. The highest BCUT2D eigenvalue weighted by molar-refractivity contribution is 7.10. The Morgan fingerprint density at radius 2 is 2.00 bits per heavy atom. The van der Waals surface area contributed by atoms with Crippen LogP contribution < -0.4 is 10.1 Å². The smallest absolute Gasteiger partial charge is 0.118 e. The highest BCUT2D eigenvalue weighted by atomic mass is 32.1. The van der Waals surface area contributed by atoms with Crippen molar-refractivity contribution in [2.45, 2.75) is 19.5 Å². The van der Waals surface area contributed by atoms with Crippen molar-refractivity contribution < 1.29 is 4.74 Å². The molecule has 4 heteroatoms. The maximum absolute atomic E-state index is 5.18. The van der Waals surface area contributed by atoms with Crippen molar-refractivity contribution in [2.75, 3.05) is 27.2 Å².